The van der Waals surface area contributed by atoms with Crippen LogP contribution in [-0.2, 0) is 22.4 Å². The van der Waals surface area contributed by atoms with E-state index < -0.39 is 11.7 Å². The van der Waals surface area contributed by atoms with Gasteiger partial charge in [0.15, 0.2) is 0 Å². The van der Waals surface area contributed by atoms with Crippen LogP contribution in [0.15, 0.2) is 79.0 Å². The average Bonchev–Trinajstić information content (AvgIpc) is 3.13. The molecule has 164 valence electrons. The molecule has 5 nitrogen and oxygen atoms in total. The summed E-state index contributed by atoms with van der Waals surface area (Å²) >= 11 is 0. The maximum Gasteiger partial charge on any atom is 0.289 e. The second kappa shape index (κ2) is 10.6. The monoisotopic (exact) mass is 428 g/mol. The van der Waals surface area contributed by atoms with Gasteiger partial charge in [-0.3, -0.25) is 9.59 Å². The molecule has 0 bridgehead atoms. The van der Waals surface area contributed by atoms with Crippen LogP contribution in [-0.4, -0.2) is 30.3 Å². The molecular formula is C27H28N2O3. The Balaban J connectivity index is 0.000000913. The van der Waals surface area contributed by atoms with Crippen molar-refractivity contribution in [2.45, 2.75) is 19.8 Å². The normalized spacial score (nSPS) is 10.5. The van der Waals surface area contributed by atoms with Gasteiger partial charge in [0.2, 0.25) is 0 Å². The summed E-state index contributed by atoms with van der Waals surface area (Å²) in [5, 5.41) is 0. The van der Waals surface area contributed by atoms with Crippen molar-refractivity contribution in [2.24, 2.45) is 5.73 Å². The van der Waals surface area contributed by atoms with Gasteiger partial charge in [0.05, 0.1) is 11.1 Å². The lowest BCUT2D eigenvalue weighted by Crippen LogP contribution is -2.23. The van der Waals surface area contributed by atoms with Crippen molar-refractivity contribution < 1.29 is 14.3 Å². The van der Waals surface area contributed by atoms with E-state index in [-0.39, 0.29) is 0 Å². The first-order chi connectivity index (χ1) is 15.5. The molecule has 0 saturated heterocycles. The number of aromatic nitrogens is 1. The van der Waals surface area contributed by atoms with E-state index in [4.69, 9.17) is 5.73 Å². The smallest absolute Gasteiger partial charge is 0.289 e. The van der Waals surface area contributed by atoms with E-state index in [0.29, 0.717) is 18.4 Å². The third kappa shape index (κ3) is 4.63. The Kier molecular flexibility index (Phi) is 7.58. The zero-order valence-electron chi connectivity index (χ0n) is 18.7. The van der Waals surface area contributed by atoms with Gasteiger partial charge in [0, 0.05) is 32.5 Å². The fourth-order valence-electron chi connectivity index (χ4n) is 4.03. The second-order valence-electron chi connectivity index (χ2n) is 7.41. The maximum absolute atomic E-state index is 12.6. The number of benzene rings is 2. The van der Waals surface area contributed by atoms with Gasteiger partial charge in [0.25, 0.3) is 11.7 Å². The van der Waals surface area contributed by atoms with Gasteiger partial charge in [-0.1, -0.05) is 67.6 Å². The first-order valence-corrected chi connectivity index (χ1v) is 10.5. The number of Topliss-reactive ketones (excluding diaryl/α,β-unsaturated/α-hetero) is 1. The molecule has 0 aliphatic rings. The topological polar surface area (TPSA) is 73.8 Å². The minimum atomic E-state index is -0.924. The Labute approximate surface area is 188 Å². The Morgan fingerprint density at radius 2 is 1.53 bits per heavy atom. The number of nitrogens with two attached hydrogens (primary N) is 1. The fourth-order valence-corrected chi connectivity index (χ4v) is 4.03. The van der Waals surface area contributed by atoms with Crippen molar-refractivity contribution in [2.75, 3.05) is 14.2 Å². The molecule has 0 aliphatic carbocycles. The lowest BCUT2D eigenvalue weighted by Gasteiger charge is -2.12. The molecule has 1 amide bonds. The molecule has 4 aromatic rings. The number of methoxy groups -OCH3 is 1. The molecule has 0 fully saturated rings. The summed E-state index contributed by atoms with van der Waals surface area (Å²) in [5.41, 5.74) is 11.8. The highest BCUT2D eigenvalue weighted by atomic mass is 16.4. The zero-order chi connectivity index (χ0) is 23.1. The van der Waals surface area contributed by atoms with Gasteiger partial charge in [-0.2, -0.15) is 0 Å². The summed E-state index contributed by atoms with van der Waals surface area (Å²) in [6.07, 6.45) is 3.22. The van der Waals surface area contributed by atoms with Crippen molar-refractivity contribution >= 4 is 17.2 Å². The van der Waals surface area contributed by atoms with E-state index in [1.54, 1.807) is 14.2 Å². The lowest BCUT2D eigenvalue weighted by molar-refractivity contribution is -0.114. The Morgan fingerprint density at radius 3 is 2.19 bits per heavy atom. The number of hydrogen-bond acceptors (Lipinski definition) is 3. The third-order valence-corrected chi connectivity index (χ3v) is 5.32. The van der Waals surface area contributed by atoms with Crippen LogP contribution >= 0.6 is 0 Å². The van der Waals surface area contributed by atoms with Crippen LogP contribution in [0.4, 0.5) is 0 Å². The number of rotatable bonds is 6. The minimum absolute atomic E-state index is 0.424. The SMILES string of the molecule is CCc1c(C(=O)C(N)=O)c2ccccn2c1Cc1ccccc1-c1ccccc1.COC. The van der Waals surface area contributed by atoms with Crippen molar-refractivity contribution in [3.63, 3.8) is 0 Å². The number of ketones is 1. The number of amides is 1. The molecule has 2 heterocycles. The molecule has 0 aliphatic heterocycles. The van der Waals surface area contributed by atoms with Crippen molar-refractivity contribution in [3.05, 3.63) is 101 Å². The van der Waals surface area contributed by atoms with E-state index in [9.17, 15) is 9.59 Å². The number of primary amides is 1. The van der Waals surface area contributed by atoms with Crippen LogP contribution < -0.4 is 5.73 Å². The molecule has 0 saturated carbocycles. The van der Waals surface area contributed by atoms with Gasteiger partial charge in [-0.05, 0) is 40.8 Å². The number of hydrogen-bond donors (Lipinski definition) is 1. The summed E-state index contributed by atoms with van der Waals surface area (Å²) < 4.78 is 6.26. The molecule has 0 atom stereocenters. The molecular weight excluding hydrogens is 400 g/mol. The number of pyridine rings is 1. The lowest BCUT2D eigenvalue weighted by atomic mass is 9.94. The van der Waals surface area contributed by atoms with Crippen molar-refractivity contribution in [3.8, 4) is 11.1 Å². The maximum atomic E-state index is 12.6. The molecule has 2 aromatic carbocycles. The number of fused-ring (bicyclic) bond motifs is 1. The van der Waals surface area contributed by atoms with Crippen LogP contribution in [0, 0.1) is 0 Å². The summed E-state index contributed by atoms with van der Waals surface area (Å²) in [7, 11) is 3.25. The minimum Gasteiger partial charge on any atom is -0.388 e. The van der Waals surface area contributed by atoms with Gasteiger partial charge in [-0.25, -0.2) is 0 Å². The van der Waals surface area contributed by atoms with Gasteiger partial charge in [0.1, 0.15) is 0 Å². The van der Waals surface area contributed by atoms with Crippen LogP contribution in [0.2, 0.25) is 0 Å². The Hall–Kier alpha value is -3.70. The average molecular weight is 429 g/mol. The summed E-state index contributed by atoms with van der Waals surface area (Å²) in [4.78, 5) is 24.3. The zero-order valence-corrected chi connectivity index (χ0v) is 18.7. The molecule has 2 aromatic heterocycles. The van der Waals surface area contributed by atoms with E-state index in [2.05, 4.69) is 29.0 Å². The standard InChI is InChI=1S/C25H22N2O2.C2H6O/c1-2-19-22(27-15-9-8-14-21(27)23(19)24(28)25(26)29)16-18-12-6-7-13-20(18)17-10-4-3-5-11-17;1-3-2/h3-15H,2,16H2,1H3,(H2,26,29);1-2H3. The Morgan fingerprint density at radius 1 is 0.906 bits per heavy atom. The van der Waals surface area contributed by atoms with Gasteiger partial charge < -0.3 is 14.9 Å². The van der Waals surface area contributed by atoms with Crippen LogP contribution in [0.3, 0.4) is 0 Å². The fraction of sp³-hybridized carbons (Fsp3) is 0.185. The predicted molar refractivity (Wildman–Crippen MR) is 128 cm³/mol. The summed E-state index contributed by atoms with van der Waals surface area (Å²) in [5.74, 6) is -1.56. The quantitative estimate of drug-likeness (QED) is 0.358. The highest BCUT2D eigenvalue weighted by Gasteiger charge is 2.25. The van der Waals surface area contributed by atoms with Gasteiger partial charge in [-0.15, -0.1) is 0 Å². The molecule has 32 heavy (non-hydrogen) atoms. The predicted octanol–water partition coefficient (Wildman–Crippen LogP) is 4.69. The molecule has 0 radical (unpaired) electrons. The largest absolute Gasteiger partial charge is 0.388 e. The molecule has 0 unspecified atom stereocenters. The van der Waals surface area contributed by atoms with Crippen molar-refractivity contribution in [1.29, 1.82) is 0 Å². The molecule has 5 heteroatoms. The first kappa shape index (κ1) is 23.0. The highest BCUT2D eigenvalue weighted by Crippen LogP contribution is 2.30. The number of carbonyl (C=O) groups is 2. The highest BCUT2D eigenvalue weighted by molar-refractivity contribution is 6.44. The second-order valence-corrected chi connectivity index (χ2v) is 7.41. The number of carbonyl (C=O) groups excluding carboxylic acids is 2. The Bertz CT molecular complexity index is 1230. The van der Waals surface area contributed by atoms with Crippen LogP contribution in [0.1, 0.15) is 34.1 Å². The third-order valence-electron chi connectivity index (χ3n) is 5.32. The molecule has 2 N–H and O–H groups in total. The number of nitrogens with zero attached hydrogens (tertiary/aromatic N) is 1. The van der Waals surface area contributed by atoms with Crippen LogP contribution in [0.25, 0.3) is 16.6 Å². The molecule has 4 rings (SSSR count). The summed E-state index contributed by atoms with van der Waals surface area (Å²) in [6.45, 7) is 2.00. The van der Waals surface area contributed by atoms with E-state index in [1.807, 2.05) is 66.1 Å². The van der Waals surface area contributed by atoms with E-state index in [0.717, 1.165) is 33.5 Å². The van der Waals surface area contributed by atoms with Crippen LogP contribution in [0.5, 0.6) is 0 Å². The van der Waals surface area contributed by atoms with Crippen molar-refractivity contribution in [1.82, 2.24) is 4.40 Å². The summed E-state index contributed by atoms with van der Waals surface area (Å²) in [6, 6.07) is 24.2. The van der Waals surface area contributed by atoms with E-state index in [1.165, 1.54) is 0 Å². The van der Waals surface area contributed by atoms with Gasteiger partial charge >= 0.3 is 0 Å². The first-order valence-electron chi connectivity index (χ1n) is 10.5. The number of ether oxygens (including phenoxy) is 1. The molecule has 0 spiro atoms. The van der Waals surface area contributed by atoms with E-state index >= 15 is 0 Å².